The molecule has 0 aliphatic heterocycles. The molecule has 0 aliphatic carbocycles. The quantitative estimate of drug-likeness (QED) is 0.595. The number of rotatable bonds is 4. The summed E-state index contributed by atoms with van der Waals surface area (Å²) in [7, 11) is 1.27. The van der Waals surface area contributed by atoms with Crippen LogP contribution in [0.5, 0.6) is 0 Å². The van der Waals surface area contributed by atoms with Crippen molar-refractivity contribution >= 4 is 40.0 Å². The Bertz CT molecular complexity index is 1070. The first-order valence-corrected chi connectivity index (χ1v) is 9.35. The summed E-state index contributed by atoms with van der Waals surface area (Å²) in [6.07, 6.45) is -3.24. The number of ether oxygens (including phenoxy) is 1. The number of nitrogens with zero attached hydrogens (tertiary/aromatic N) is 2. The monoisotopic (exact) mass is 414 g/mol. The molecular formula is C17H13F3N2O3S2. The Morgan fingerprint density at radius 3 is 2.74 bits per heavy atom. The summed E-state index contributed by atoms with van der Waals surface area (Å²) in [5, 5.41) is 0.196. The van der Waals surface area contributed by atoms with Crippen LogP contribution in [-0.2, 0) is 18.0 Å². The maximum Gasteiger partial charge on any atom is 0.431 e. The fraction of sp³-hybridized carbons (Fsp3) is 0.235. The van der Waals surface area contributed by atoms with Crippen LogP contribution < -0.4 is 5.43 Å². The molecule has 1 aromatic carbocycles. The van der Waals surface area contributed by atoms with Gasteiger partial charge in [0.05, 0.1) is 18.3 Å². The molecule has 0 fully saturated rings. The molecule has 0 saturated heterocycles. The van der Waals surface area contributed by atoms with Crippen molar-refractivity contribution in [1.29, 1.82) is 0 Å². The van der Waals surface area contributed by atoms with E-state index in [4.69, 9.17) is 4.74 Å². The molecule has 0 spiro atoms. The third-order valence-electron chi connectivity index (χ3n) is 3.68. The summed E-state index contributed by atoms with van der Waals surface area (Å²) in [5.41, 5.74) is -1.53. The Morgan fingerprint density at radius 1 is 1.33 bits per heavy atom. The lowest BCUT2D eigenvalue weighted by Crippen LogP contribution is -2.19. The van der Waals surface area contributed by atoms with Crippen LogP contribution in [0.15, 0.2) is 44.5 Å². The van der Waals surface area contributed by atoms with Crippen molar-refractivity contribution in [3.05, 3.63) is 51.3 Å². The summed E-state index contributed by atoms with van der Waals surface area (Å²) in [6, 6.07) is 5.22. The van der Waals surface area contributed by atoms with Gasteiger partial charge in [0.15, 0.2) is 9.77 Å². The van der Waals surface area contributed by atoms with E-state index in [9.17, 15) is 22.8 Å². The molecule has 5 nitrogen and oxygen atoms in total. The van der Waals surface area contributed by atoms with Gasteiger partial charge in [0.25, 0.3) is 0 Å². The zero-order valence-corrected chi connectivity index (χ0v) is 15.8. The minimum atomic E-state index is -4.63. The highest BCUT2D eigenvalue weighted by atomic mass is 32.2. The number of thiazole rings is 1. The molecule has 3 aromatic rings. The molecule has 0 N–H and O–H groups in total. The summed E-state index contributed by atoms with van der Waals surface area (Å²) in [6.45, 7) is 1.95. The highest BCUT2D eigenvalue weighted by molar-refractivity contribution is 8.01. The van der Waals surface area contributed by atoms with Gasteiger partial charge in [-0.1, -0.05) is 11.8 Å². The number of esters is 1. The van der Waals surface area contributed by atoms with Crippen LogP contribution >= 0.6 is 23.1 Å². The van der Waals surface area contributed by atoms with Gasteiger partial charge in [-0.05, 0) is 25.1 Å². The largest absolute Gasteiger partial charge is 0.462 e. The van der Waals surface area contributed by atoms with Gasteiger partial charge in [-0.25, -0.2) is 9.78 Å². The van der Waals surface area contributed by atoms with Gasteiger partial charge in [0.2, 0.25) is 0 Å². The third-order valence-corrected chi connectivity index (χ3v) is 5.72. The highest BCUT2D eigenvalue weighted by Crippen LogP contribution is 2.34. The second-order valence-electron chi connectivity index (χ2n) is 5.44. The number of carbonyl (C=O) groups is 1. The predicted octanol–water partition coefficient (Wildman–Crippen LogP) is 4.34. The second-order valence-corrected chi connectivity index (χ2v) is 7.79. The first kappa shape index (κ1) is 19.4. The molecule has 0 atom stereocenters. The number of benzene rings is 1. The number of aryl methyl sites for hydroxylation is 1. The van der Waals surface area contributed by atoms with E-state index in [2.05, 4.69) is 4.98 Å². The Balaban J connectivity index is 1.98. The summed E-state index contributed by atoms with van der Waals surface area (Å²) in [4.78, 5) is 28.8. The maximum atomic E-state index is 13.1. The molecule has 142 valence electrons. The Morgan fingerprint density at radius 2 is 2.07 bits per heavy atom. The van der Waals surface area contributed by atoms with Crippen molar-refractivity contribution in [2.45, 2.75) is 22.3 Å². The predicted molar refractivity (Wildman–Crippen MR) is 96.4 cm³/mol. The Labute approximate surface area is 159 Å². The minimum Gasteiger partial charge on any atom is -0.462 e. The number of halogens is 3. The molecular weight excluding hydrogens is 401 g/mol. The van der Waals surface area contributed by atoms with E-state index >= 15 is 0 Å². The molecule has 2 aromatic heterocycles. The third kappa shape index (κ3) is 4.01. The number of fused-ring (bicyclic) bond motifs is 1. The molecule has 0 bridgehead atoms. The van der Waals surface area contributed by atoms with E-state index in [0.29, 0.717) is 20.2 Å². The summed E-state index contributed by atoms with van der Waals surface area (Å²) >= 11 is 2.31. The van der Waals surface area contributed by atoms with Crippen LogP contribution in [-0.4, -0.2) is 22.1 Å². The summed E-state index contributed by atoms with van der Waals surface area (Å²) in [5.74, 6) is -0.474. The Kier molecular flexibility index (Phi) is 5.29. The minimum absolute atomic E-state index is 0.169. The highest BCUT2D eigenvalue weighted by Gasteiger charge is 2.34. The van der Waals surface area contributed by atoms with Gasteiger partial charge >= 0.3 is 12.1 Å². The number of hydrogen-bond donors (Lipinski definition) is 0. The van der Waals surface area contributed by atoms with Gasteiger partial charge < -0.3 is 9.30 Å². The van der Waals surface area contributed by atoms with Crippen molar-refractivity contribution in [3.63, 3.8) is 0 Å². The second kappa shape index (κ2) is 7.35. The first-order chi connectivity index (χ1) is 12.7. The maximum absolute atomic E-state index is 13.1. The summed E-state index contributed by atoms with van der Waals surface area (Å²) < 4.78 is 45.8. The molecule has 0 unspecified atom stereocenters. The molecule has 0 saturated carbocycles. The van der Waals surface area contributed by atoms with Crippen LogP contribution in [0.1, 0.15) is 22.3 Å². The normalized spacial score (nSPS) is 11.7. The van der Waals surface area contributed by atoms with Crippen molar-refractivity contribution in [2.24, 2.45) is 7.05 Å². The van der Waals surface area contributed by atoms with E-state index < -0.39 is 23.3 Å². The SMILES string of the molecule is CCOC(=O)c1cnc(Sc2ccc3c(=O)cc(C(F)(F)F)n(C)c3c2)s1. The van der Waals surface area contributed by atoms with Gasteiger partial charge in [-0.3, -0.25) is 4.79 Å². The molecule has 0 radical (unpaired) electrons. The van der Waals surface area contributed by atoms with E-state index in [0.717, 1.165) is 15.9 Å². The van der Waals surface area contributed by atoms with Crippen molar-refractivity contribution < 1.29 is 22.7 Å². The fourth-order valence-electron chi connectivity index (χ4n) is 2.46. The zero-order chi connectivity index (χ0) is 19.8. The lowest BCUT2D eigenvalue weighted by atomic mass is 10.2. The van der Waals surface area contributed by atoms with Gasteiger partial charge in [-0.15, -0.1) is 11.3 Å². The number of pyridine rings is 1. The first-order valence-electron chi connectivity index (χ1n) is 7.72. The topological polar surface area (TPSA) is 61.2 Å². The van der Waals surface area contributed by atoms with Crippen molar-refractivity contribution in [2.75, 3.05) is 6.61 Å². The molecule has 0 amide bonds. The van der Waals surface area contributed by atoms with Gasteiger partial charge in [-0.2, -0.15) is 13.2 Å². The van der Waals surface area contributed by atoms with E-state index in [1.807, 2.05) is 0 Å². The van der Waals surface area contributed by atoms with E-state index in [1.165, 1.54) is 37.1 Å². The molecule has 0 aliphatic rings. The average Bonchev–Trinajstić information content (AvgIpc) is 3.06. The van der Waals surface area contributed by atoms with Crippen LogP contribution in [0, 0.1) is 0 Å². The number of hydrogen-bond acceptors (Lipinski definition) is 6. The number of alkyl halides is 3. The van der Waals surface area contributed by atoms with E-state index in [-0.39, 0.29) is 17.5 Å². The average molecular weight is 414 g/mol. The van der Waals surface area contributed by atoms with Crippen molar-refractivity contribution in [1.82, 2.24) is 9.55 Å². The zero-order valence-electron chi connectivity index (χ0n) is 14.2. The fourth-order valence-corrected chi connectivity index (χ4v) is 4.34. The molecule has 2 heterocycles. The lowest BCUT2D eigenvalue weighted by molar-refractivity contribution is -0.143. The van der Waals surface area contributed by atoms with Gasteiger partial charge in [0, 0.05) is 23.4 Å². The van der Waals surface area contributed by atoms with Crippen LogP contribution in [0.4, 0.5) is 13.2 Å². The molecule has 3 rings (SSSR count). The lowest BCUT2D eigenvalue weighted by Gasteiger charge is -2.15. The number of carbonyl (C=O) groups excluding carboxylic acids is 1. The standard InChI is InChI=1S/C17H13F3N2O3S2/c1-3-25-15(24)13-8-21-16(27-13)26-9-4-5-10-11(6-9)22(2)14(7-12(10)23)17(18,19)20/h4-8H,3H2,1-2H3. The molecule has 10 heteroatoms. The van der Waals surface area contributed by atoms with Crippen LogP contribution in [0.3, 0.4) is 0 Å². The van der Waals surface area contributed by atoms with Crippen LogP contribution in [0.25, 0.3) is 10.9 Å². The van der Waals surface area contributed by atoms with E-state index in [1.54, 1.807) is 13.0 Å². The van der Waals surface area contributed by atoms with Gasteiger partial charge in [0.1, 0.15) is 10.6 Å². The van der Waals surface area contributed by atoms with Crippen LogP contribution in [0.2, 0.25) is 0 Å². The number of aromatic nitrogens is 2. The molecule has 27 heavy (non-hydrogen) atoms. The van der Waals surface area contributed by atoms with Crippen molar-refractivity contribution in [3.8, 4) is 0 Å². The smallest absolute Gasteiger partial charge is 0.431 e. The Hall–Kier alpha value is -2.33.